The van der Waals surface area contributed by atoms with Gasteiger partial charge in [-0.25, -0.2) is 4.79 Å². The van der Waals surface area contributed by atoms with Crippen LogP contribution < -0.4 is 10.5 Å². The number of nitrogens with two attached hydrogens (primary N) is 1. The quantitative estimate of drug-likeness (QED) is 0.854. The maximum absolute atomic E-state index is 11.3. The molecule has 2 rings (SSSR count). The molecular formula is C16H15NO4. The topological polar surface area (TPSA) is 78.6 Å². The Balaban J connectivity index is 2.01. The average Bonchev–Trinajstić information content (AvgIpc) is 2.53. The van der Waals surface area contributed by atoms with Gasteiger partial charge in [0.05, 0.1) is 12.7 Å². The molecule has 0 saturated heterocycles. The SMILES string of the molecule is COC(=O)c1ccc(OCc2cccc(C(N)=O)c2)cc1. The van der Waals surface area contributed by atoms with Crippen LogP contribution in [0.4, 0.5) is 0 Å². The second-order valence-electron chi connectivity index (χ2n) is 4.37. The van der Waals surface area contributed by atoms with Crippen LogP contribution in [0.15, 0.2) is 48.5 Å². The Kier molecular flexibility index (Phi) is 4.56. The normalized spacial score (nSPS) is 9.95. The van der Waals surface area contributed by atoms with Crippen molar-refractivity contribution >= 4 is 11.9 Å². The molecule has 0 heterocycles. The average molecular weight is 285 g/mol. The van der Waals surface area contributed by atoms with Crippen LogP contribution in [0.25, 0.3) is 0 Å². The molecule has 0 radical (unpaired) electrons. The molecule has 0 aliphatic carbocycles. The van der Waals surface area contributed by atoms with Crippen molar-refractivity contribution in [2.24, 2.45) is 5.73 Å². The van der Waals surface area contributed by atoms with E-state index in [2.05, 4.69) is 4.74 Å². The van der Waals surface area contributed by atoms with E-state index >= 15 is 0 Å². The van der Waals surface area contributed by atoms with Gasteiger partial charge in [-0.15, -0.1) is 0 Å². The summed E-state index contributed by atoms with van der Waals surface area (Å²) >= 11 is 0. The summed E-state index contributed by atoms with van der Waals surface area (Å²) in [5.74, 6) is -0.248. The minimum absolute atomic E-state index is 0.304. The summed E-state index contributed by atoms with van der Waals surface area (Å²) in [5, 5.41) is 0. The predicted octanol–water partition coefficient (Wildman–Crippen LogP) is 2.15. The summed E-state index contributed by atoms with van der Waals surface area (Å²) in [6, 6.07) is 13.5. The molecule has 0 unspecified atom stereocenters. The van der Waals surface area contributed by atoms with Crippen LogP contribution in [-0.2, 0) is 11.3 Å². The van der Waals surface area contributed by atoms with Crippen LogP contribution in [-0.4, -0.2) is 19.0 Å². The van der Waals surface area contributed by atoms with Crippen LogP contribution in [0.1, 0.15) is 26.3 Å². The lowest BCUT2D eigenvalue weighted by molar-refractivity contribution is 0.0600. The summed E-state index contributed by atoms with van der Waals surface area (Å²) in [6.07, 6.45) is 0. The van der Waals surface area contributed by atoms with E-state index in [0.717, 1.165) is 5.56 Å². The maximum atomic E-state index is 11.3. The predicted molar refractivity (Wildman–Crippen MR) is 77.1 cm³/mol. The van der Waals surface area contributed by atoms with Gasteiger partial charge in [0.25, 0.3) is 0 Å². The molecule has 0 bridgehead atoms. The Labute approximate surface area is 122 Å². The first kappa shape index (κ1) is 14.6. The third-order valence-electron chi connectivity index (χ3n) is 2.89. The molecule has 2 aromatic rings. The minimum Gasteiger partial charge on any atom is -0.489 e. The number of esters is 1. The van der Waals surface area contributed by atoms with E-state index in [1.165, 1.54) is 7.11 Å². The summed E-state index contributed by atoms with van der Waals surface area (Å²) in [4.78, 5) is 22.4. The highest BCUT2D eigenvalue weighted by atomic mass is 16.5. The minimum atomic E-state index is -0.473. The van der Waals surface area contributed by atoms with E-state index in [0.29, 0.717) is 23.5 Å². The zero-order valence-corrected chi connectivity index (χ0v) is 11.5. The van der Waals surface area contributed by atoms with Crippen molar-refractivity contribution in [1.29, 1.82) is 0 Å². The molecule has 5 nitrogen and oxygen atoms in total. The lowest BCUT2D eigenvalue weighted by Gasteiger charge is -2.07. The van der Waals surface area contributed by atoms with Crippen molar-refractivity contribution in [2.75, 3.05) is 7.11 Å². The molecule has 2 N–H and O–H groups in total. The lowest BCUT2D eigenvalue weighted by Crippen LogP contribution is -2.11. The second kappa shape index (κ2) is 6.56. The molecule has 0 saturated carbocycles. The molecule has 21 heavy (non-hydrogen) atoms. The fourth-order valence-corrected chi connectivity index (χ4v) is 1.79. The third kappa shape index (κ3) is 3.82. The second-order valence-corrected chi connectivity index (χ2v) is 4.37. The van der Waals surface area contributed by atoms with Gasteiger partial charge in [0.15, 0.2) is 0 Å². The maximum Gasteiger partial charge on any atom is 0.337 e. The van der Waals surface area contributed by atoms with Crippen molar-refractivity contribution in [2.45, 2.75) is 6.61 Å². The van der Waals surface area contributed by atoms with Gasteiger partial charge in [0.1, 0.15) is 12.4 Å². The first-order chi connectivity index (χ1) is 10.1. The van der Waals surface area contributed by atoms with E-state index in [-0.39, 0.29) is 0 Å². The molecule has 1 amide bonds. The van der Waals surface area contributed by atoms with E-state index in [9.17, 15) is 9.59 Å². The highest BCUT2D eigenvalue weighted by Crippen LogP contribution is 2.15. The van der Waals surface area contributed by atoms with Gasteiger partial charge in [-0.2, -0.15) is 0 Å². The molecular weight excluding hydrogens is 270 g/mol. The number of carbonyl (C=O) groups excluding carboxylic acids is 2. The molecule has 0 aromatic heterocycles. The highest BCUT2D eigenvalue weighted by molar-refractivity contribution is 5.92. The van der Waals surface area contributed by atoms with E-state index < -0.39 is 11.9 Å². The Hall–Kier alpha value is -2.82. The van der Waals surface area contributed by atoms with Gasteiger partial charge in [-0.1, -0.05) is 12.1 Å². The molecule has 5 heteroatoms. The number of ether oxygens (including phenoxy) is 2. The first-order valence-electron chi connectivity index (χ1n) is 6.30. The lowest BCUT2D eigenvalue weighted by atomic mass is 10.1. The molecule has 0 fully saturated rings. The fraction of sp³-hybridized carbons (Fsp3) is 0.125. The van der Waals surface area contributed by atoms with Gasteiger partial charge in [-0.3, -0.25) is 4.79 Å². The van der Waals surface area contributed by atoms with Crippen molar-refractivity contribution < 1.29 is 19.1 Å². The molecule has 0 spiro atoms. The number of benzene rings is 2. The van der Waals surface area contributed by atoms with E-state index in [1.54, 1.807) is 42.5 Å². The smallest absolute Gasteiger partial charge is 0.337 e. The van der Waals surface area contributed by atoms with Gasteiger partial charge in [0, 0.05) is 5.56 Å². The molecule has 108 valence electrons. The van der Waals surface area contributed by atoms with Crippen LogP contribution in [0, 0.1) is 0 Å². The van der Waals surface area contributed by atoms with Crippen molar-refractivity contribution in [3.8, 4) is 5.75 Å². The number of rotatable bonds is 5. The summed E-state index contributed by atoms with van der Waals surface area (Å²) in [6.45, 7) is 0.304. The Morgan fingerprint density at radius 3 is 2.38 bits per heavy atom. The van der Waals surface area contributed by atoms with Crippen molar-refractivity contribution in [3.63, 3.8) is 0 Å². The van der Waals surface area contributed by atoms with Crippen molar-refractivity contribution in [1.82, 2.24) is 0 Å². The Morgan fingerprint density at radius 2 is 1.76 bits per heavy atom. The number of hydrogen-bond acceptors (Lipinski definition) is 4. The summed E-state index contributed by atoms with van der Waals surface area (Å²) < 4.78 is 10.2. The van der Waals surface area contributed by atoms with Crippen LogP contribution >= 0.6 is 0 Å². The van der Waals surface area contributed by atoms with Gasteiger partial charge in [0.2, 0.25) is 5.91 Å². The summed E-state index contributed by atoms with van der Waals surface area (Å²) in [7, 11) is 1.33. The van der Waals surface area contributed by atoms with Gasteiger partial charge < -0.3 is 15.2 Å². The van der Waals surface area contributed by atoms with E-state index in [4.69, 9.17) is 10.5 Å². The number of primary amides is 1. The van der Waals surface area contributed by atoms with Gasteiger partial charge in [-0.05, 0) is 42.0 Å². The monoisotopic (exact) mass is 285 g/mol. The number of carbonyl (C=O) groups is 2. The van der Waals surface area contributed by atoms with Crippen LogP contribution in [0.5, 0.6) is 5.75 Å². The fourth-order valence-electron chi connectivity index (χ4n) is 1.79. The third-order valence-corrected chi connectivity index (χ3v) is 2.89. The number of hydrogen-bond donors (Lipinski definition) is 1. The van der Waals surface area contributed by atoms with Crippen LogP contribution in [0.3, 0.4) is 0 Å². The molecule has 0 atom stereocenters. The Bertz CT molecular complexity index is 650. The molecule has 0 aliphatic rings. The number of amides is 1. The van der Waals surface area contributed by atoms with Gasteiger partial charge >= 0.3 is 5.97 Å². The standard InChI is InChI=1S/C16H15NO4/c1-20-16(19)12-5-7-14(8-6-12)21-10-11-3-2-4-13(9-11)15(17)18/h2-9H,10H2,1H3,(H2,17,18). The van der Waals surface area contributed by atoms with E-state index in [1.807, 2.05) is 6.07 Å². The number of methoxy groups -OCH3 is 1. The highest BCUT2D eigenvalue weighted by Gasteiger charge is 2.05. The summed E-state index contributed by atoms with van der Waals surface area (Å²) in [5.41, 5.74) is 6.96. The zero-order chi connectivity index (χ0) is 15.2. The largest absolute Gasteiger partial charge is 0.489 e. The zero-order valence-electron chi connectivity index (χ0n) is 11.5. The Morgan fingerprint density at radius 1 is 1.05 bits per heavy atom. The first-order valence-corrected chi connectivity index (χ1v) is 6.30. The molecule has 2 aromatic carbocycles. The molecule has 0 aliphatic heterocycles. The van der Waals surface area contributed by atoms with Crippen molar-refractivity contribution in [3.05, 3.63) is 65.2 Å². The van der Waals surface area contributed by atoms with Crippen LogP contribution in [0.2, 0.25) is 0 Å².